The third-order valence-electron chi connectivity index (χ3n) is 4.48. The van der Waals surface area contributed by atoms with Crippen LogP contribution < -0.4 is 10.1 Å². The lowest BCUT2D eigenvalue weighted by molar-refractivity contribution is 0.0983. The summed E-state index contributed by atoms with van der Waals surface area (Å²) in [5.41, 5.74) is 0. The third-order valence-corrected chi connectivity index (χ3v) is 4.71. The van der Waals surface area contributed by atoms with Crippen LogP contribution in [0.15, 0.2) is 24.3 Å². The van der Waals surface area contributed by atoms with E-state index in [4.69, 9.17) is 16.3 Å². The number of halogens is 1. The summed E-state index contributed by atoms with van der Waals surface area (Å²) in [6.07, 6.45) is 3.17. The van der Waals surface area contributed by atoms with Gasteiger partial charge in [-0.3, -0.25) is 0 Å². The second kappa shape index (κ2) is 8.02. The fourth-order valence-corrected chi connectivity index (χ4v) is 3.02. The molecule has 0 bridgehead atoms. The molecule has 4 unspecified atom stereocenters. The van der Waals surface area contributed by atoms with Crippen molar-refractivity contribution in [3.63, 3.8) is 0 Å². The first-order chi connectivity index (χ1) is 10.0. The number of ether oxygens (including phenoxy) is 1. The molecule has 0 radical (unpaired) electrons. The van der Waals surface area contributed by atoms with Gasteiger partial charge in [-0.2, -0.15) is 0 Å². The van der Waals surface area contributed by atoms with Gasteiger partial charge in [0.2, 0.25) is 0 Å². The number of hydrogen-bond acceptors (Lipinski definition) is 3. The first-order valence-electron chi connectivity index (χ1n) is 7.84. The summed E-state index contributed by atoms with van der Waals surface area (Å²) >= 11 is 5.89. The molecule has 0 heterocycles. The van der Waals surface area contributed by atoms with Crippen molar-refractivity contribution >= 4 is 11.6 Å². The molecule has 0 aliphatic heterocycles. The molecular formula is C17H26ClNO2. The summed E-state index contributed by atoms with van der Waals surface area (Å²) in [5.74, 6) is 2.27. The predicted molar refractivity (Wildman–Crippen MR) is 86.9 cm³/mol. The maximum Gasteiger partial charge on any atom is 0.120 e. The fraction of sp³-hybridized carbons (Fsp3) is 0.647. The summed E-state index contributed by atoms with van der Waals surface area (Å²) in [5, 5.41) is 14.1. The molecule has 1 fully saturated rings. The summed E-state index contributed by atoms with van der Waals surface area (Å²) < 4.78 is 5.55. The van der Waals surface area contributed by atoms with E-state index >= 15 is 0 Å². The molecule has 118 valence electrons. The Kier molecular flexibility index (Phi) is 6.34. The quantitative estimate of drug-likeness (QED) is 0.845. The molecule has 1 aliphatic rings. The van der Waals surface area contributed by atoms with Crippen molar-refractivity contribution in [2.24, 2.45) is 11.8 Å². The van der Waals surface area contributed by atoms with Crippen LogP contribution in [0, 0.1) is 11.8 Å². The van der Waals surface area contributed by atoms with E-state index in [1.54, 1.807) is 12.1 Å². The Morgan fingerprint density at radius 3 is 2.86 bits per heavy atom. The standard InChI is InChI=1S/C17H26ClNO2/c1-12-6-7-15(8-13(12)2)19-10-16(20)11-21-17-5-3-4-14(18)9-17/h3-5,9,12-13,15-16,19-20H,6-8,10-11H2,1-2H3. The van der Waals surface area contributed by atoms with Crippen molar-refractivity contribution in [1.29, 1.82) is 0 Å². The molecule has 4 atom stereocenters. The summed E-state index contributed by atoms with van der Waals surface area (Å²) in [4.78, 5) is 0. The van der Waals surface area contributed by atoms with Gasteiger partial charge in [-0.15, -0.1) is 0 Å². The molecule has 2 rings (SSSR count). The van der Waals surface area contributed by atoms with E-state index in [0.717, 1.165) is 11.8 Å². The predicted octanol–water partition coefficient (Wildman–Crippen LogP) is 3.49. The normalized spacial score (nSPS) is 27.3. The van der Waals surface area contributed by atoms with E-state index in [1.165, 1.54) is 19.3 Å². The van der Waals surface area contributed by atoms with Gasteiger partial charge in [0.1, 0.15) is 18.5 Å². The minimum atomic E-state index is -0.501. The van der Waals surface area contributed by atoms with Crippen LogP contribution in [0.1, 0.15) is 33.1 Å². The Hall–Kier alpha value is -0.770. The number of aliphatic hydroxyl groups is 1. The molecule has 1 aromatic rings. The van der Waals surface area contributed by atoms with Gasteiger partial charge in [-0.1, -0.05) is 31.5 Å². The Bertz CT molecular complexity index is 441. The molecule has 1 aromatic carbocycles. The second-order valence-corrected chi connectivity index (χ2v) is 6.73. The molecular weight excluding hydrogens is 286 g/mol. The first-order valence-corrected chi connectivity index (χ1v) is 8.22. The molecule has 4 heteroatoms. The molecule has 2 N–H and O–H groups in total. The largest absolute Gasteiger partial charge is 0.491 e. The molecule has 0 amide bonds. The zero-order chi connectivity index (χ0) is 15.2. The van der Waals surface area contributed by atoms with Gasteiger partial charge < -0.3 is 15.2 Å². The lowest BCUT2D eigenvalue weighted by Gasteiger charge is -2.33. The van der Waals surface area contributed by atoms with Gasteiger partial charge in [0.15, 0.2) is 0 Å². The van der Waals surface area contributed by atoms with Gasteiger partial charge in [-0.05, 0) is 49.3 Å². The van der Waals surface area contributed by atoms with Crippen molar-refractivity contribution < 1.29 is 9.84 Å². The van der Waals surface area contributed by atoms with Crippen LogP contribution in [0.25, 0.3) is 0 Å². The molecule has 21 heavy (non-hydrogen) atoms. The van der Waals surface area contributed by atoms with Crippen LogP contribution in [0.2, 0.25) is 5.02 Å². The van der Waals surface area contributed by atoms with Gasteiger partial charge in [0.05, 0.1) is 0 Å². The van der Waals surface area contributed by atoms with Crippen molar-refractivity contribution in [3.05, 3.63) is 29.3 Å². The van der Waals surface area contributed by atoms with Crippen molar-refractivity contribution in [2.75, 3.05) is 13.2 Å². The molecule has 1 saturated carbocycles. The number of rotatable bonds is 6. The van der Waals surface area contributed by atoms with Crippen LogP contribution in [0.4, 0.5) is 0 Å². The van der Waals surface area contributed by atoms with Crippen LogP contribution >= 0.6 is 11.6 Å². The summed E-state index contributed by atoms with van der Waals surface area (Å²) in [6.45, 7) is 5.50. The van der Waals surface area contributed by atoms with Crippen LogP contribution in [0.5, 0.6) is 5.75 Å². The smallest absolute Gasteiger partial charge is 0.120 e. The maximum atomic E-state index is 10.0. The average Bonchev–Trinajstić information content (AvgIpc) is 2.46. The number of aliphatic hydroxyl groups excluding tert-OH is 1. The van der Waals surface area contributed by atoms with Crippen LogP contribution in [-0.4, -0.2) is 30.4 Å². The lowest BCUT2D eigenvalue weighted by atomic mass is 9.79. The zero-order valence-corrected chi connectivity index (χ0v) is 13.6. The highest BCUT2D eigenvalue weighted by atomic mass is 35.5. The summed E-state index contributed by atoms with van der Waals surface area (Å²) in [6, 6.07) is 7.77. The van der Waals surface area contributed by atoms with Gasteiger partial charge >= 0.3 is 0 Å². The van der Waals surface area contributed by atoms with Gasteiger partial charge in [0.25, 0.3) is 0 Å². The van der Waals surface area contributed by atoms with E-state index in [9.17, 15) is 5.11 Å². The monoisotopic (exact) mass is 311 g/mol. The minimum Gasteiger partial charge on any atom is -0.491 e. The van der Waals surface area contributed by atoms with Crippen LogP contribution in [0.3, 0.4) is 0 Å². The van der Waals surface area contributed by atoms with Gasteiger partial charge in [-0.25, -0.2) is 0 Å². The summed E-state index contributed by atoms with van der Waals surface area (Å²) in [7, 11) is 0. The van der Waals surface area contributed by atoms with Crippen molar-refractivity contribution in [1.82, 2.24) is 5.32 Å². The average molecular weight is 312 g/mol. The Labute approximate surface area is 132 Å². The highest BCUT2D eigenvalue weighted by Crippen LogP contribution is 2.29. The molecule has 0 spiro atoms. The van der Waals surface area contributed by atoms with Crippen molar-refractivity contribution in [3.8, 4) is 5.75 Å². The van der Waals surface area contributed by atoms with Crippen LogP contribution in [-0.2, 0) is 0 Å². The lowest BCUT2D eigenvalue weighted by Crippen LogP contribution is -2.41. The first kappa shape index (κ1) is 16.6. The maximum absolute atomic E-state index is 10.0. The highest BCUT2D eigenvalue weighted by Gasteiger charge is 2.24. The Morgan fingerprint density at radius 1 is 1.33 bits per heavy atom. The number of benzene rings is 1. The van der Waals surface area contributed by atoms with Crippen molar-refractivity contribution in [2.45, 2.75) is 45.3 Å². The van der Waals surface area contributed by atoms with E-state index < -0.39 is 6.10 Å². The molecule has 3 nitrogen and oxygen atoms in total. The minimum absolute atomic E-state index is 0.284. The Balaban J connectivity index is 1.67. The van der Waals surface area contributed by atoms with Gasteiger partial charge in [0, 0.05) is 17.6 Å². The zero-order valence-electron chi connectivity index (χ0n) is 12.9. The molecule has 1 aliphatic carbocycles. The van der Waals surface area contributed by atoms with E-state index in [2.05, 4.69) is 19.2 Å². The number of hydrogen-bond donors (Lipinski definition) is 2. The topological polar surface area (TPSA) is 41.5 Å². The third kappa shape index (κ3) is 5.50. The molecule has 0 aromatic heterocycles. The SMILES string of the molecule is CC1CCC(NCC(O)COc2cccc(Cl)c2)CC1C. The Morgan fingerprint density at radius 2 is 2.14 bits per heavy atom. The fourth-order valence-electron chi connectivity index (χ4n) is 2.84. The molecule has 0 saturated heterocycles. The van der Waals surface area contributed by atoms with E-state index in [0.29, 0.717) is 23.4 Å². The highest BCUT2D eigenvalue weighted by molar-refractivity contribution is 6.30. The van der Waals surface area contributed by atoms with E-state index in [1.807, 2.05) is 12.1 Å². The van der Waals surface area contributed by atoms with E-state index in [-0.39, 0.29) is 6.61 Å². The number of nitrogens with one attached hydrogen (secondary N) is 1. The second-order valence-electron chi connectivity index (χ2n) is 6.29.